The number of carbonyl (C=O) groups is 2. The number of aryl methyl sites for hydroxylation is 2. The summed E-state index contributed by atoms with van der Waals surface area (Å²) in [6.45, 7) is 0. The van der Waals surface area contributed by atoms with E-state index >= 15 is 0 Å². The maximum Gasteiger partial charge on any atom is 0.268 e. The third-order valence-corrected chi connectivity index (χ3v) is 5.08. The Balaban J connectivity index is 1.79. The van der Waals surface area contributed by atoms with Gasteiger partial charge in [0, 0.05) is 10.6 Å². The van der Waals surface area contributed by atoms with Gasteiger partial charge in [-0.25, -0.2) is 9.88 Å². The van der Waals surface area contributed by atoms with Crippen molar-refractivity contribution in [2.45, 2.75) is 25.7 Å². The van der Waals surface area contributed by atoms with Crippen LogP contribution in [0.1, 0.15) is 44.1 Å². The quantitative estimate of drug-likeness (QED) is 0.648. The average molecular weight is 299 g/mol. The number of hydrogen-bond acceptors (Lipinski definition) is 5. The zero-order chi connectivity index (χ0) is 14.6. The van der Waals surface area contributed by atoms with Crippen LogP contribution >= 0.6 is 11.3 Å². The van der Waals surface area contributed by atoms with Crippen LogP contribution in [0.5, 0.6) is 0 Å². The molecule has 5 nitrogen and oxygen atoms in total. The monoisotopic (exact) mass is 299 g/mol. The first-order valence-corrected chi connectivity index (χ1v) is 7.73. The second-order valence-corrected chi connectivity index (χ2v) is 6.39. The van der Waals surface area contributed by atoms with Crippen LogP contribution < -0.4 is 10.6 Å². The van der Waals surface area contributed by atoms with Gasteiger partial charge in [-0.3, -0.25) is 9.59 Å². The van der Waals surface area contributed by atoms with Crippen molar-refractivity contribution < 1.29 is 9.59 Å². The fraction of sp³-hybridized carbons (Fsp3) is 0.267. The van der Waals surface area contributed by atoms with Gasteiger partial charge in [0.25, 0.3) is 11.8 Å². The number of fused-ring (bicyclic) bond motifs is 2. The van der Waals surface area contributed by atoms with E-state index in [4.69, 9.17) is 5.73 Å². The van der Waals surface area contributed by atoms with Crippen LogP contribution in [0.3, 0.4) is 0 Å². The van der Waals surface area contributed by atoms with Crippen LogP contribution in [-0.2, 0) is 12.8 Å². The lowest BCUT2D eigenvalue weighted by Gasteiger charge is -2.08. The van der Waals surface area contributed by atoms with Gasteiger partial charge in [0.05, 0.1) is 16.8 Å². The smallest absolute Gasteiger partial charge is 0.268 e. The number of aromatic nitrogens is 1. The third-order valence-electron chi connectivity index (χ3n) is 3.94. The third kappa shape index (κ3) is 1.79. The number of nitrogen functional groups attached to an aromatic ring is 1. The van der Waals surface area contributed by atoms with E-state index in [1.165, 1.54) is 21.1 Å². The molecule has 1 aliphatic carbocycles. The highest BCUT2D eigenvalue weighted by molar-refractivity contribution is 7.16. The summed E-state index contributed by atoms with van der Waals surface area (Å²) in [7, 11) is 0. The number of anilines is 2. The van der Waals surface area contributed by atoms with Crippen LogP contribution in [0.4, 0.5) is 10.8 Å². The molecule has 2 N–H and O–H groups in total. The summed E-state index contributed by atoms with van der Waals surface area (Å²) in [6.07, 6.45) is 4.19. The minimum atomic E-state index is -0.326. The van der Waals surface area contributed by atoms with Gasteiger partial charge in [-0.1, -0.05) is 0 Å². The van der Waals surface area contributed by atoms with Crippen molar-refractivity contribution in [2.75, 3.05) is 10.6 Å². The molecule has 0 spiro atoms. The van der Waals surface area contributed by atoms with Crippen molar-refractivity contribution in [3.05, 3.63) is 39.9 Å². The largest absolute Gasteiger partial charge is 0.399 e. The molecule has 4 rings (SSSR count). The zero-order valence-electron chi connectivity index (χ0n) is 11.3. The SMILES string of the molecule is Nc1ccc2c(c1)C(=O)N(c1nc3c(s1)CCCC3)C2=O. The molecule has 0 radical (unpaired) electrons. The van der Waals surface area contributed by atoms with Gasteiger partial charge in [-0.2, -0.15) is 0 Å². The van der Waals surface area contributed by atoms with Gasteiger partial charge in [0.15, 0.2) is 5.13 Å². The van der Waals surface area contributed by atoms with E-state index in [0.717, 1.165) is 31.4 Å². The molecule has 1 aromatic carbocycles. The molecule has 0 atom stereocenters. The van der Waals surface area contributed by atoms with E-state index < -0.39 is 0 Å². The highest BCUT2D eigenvalue weighted by atomic mass is 32.1. The number of carbonyl (C=O) groups excluding carboxylic acids is 2. The number of amides is 2. The van der Waals surface area contributed by atoms with Gasteiger partial charge in [-0.15, -0.1) is 11.3 Å². The summed E-state index contributed by atoms with van der Waals surface area (Å²) in [4.78, 5) is 31.9. The fourth-order valence-corrected chi connectivity index (χ4v) is 4.01. The number of nitrogens with two attached hydrogens (primary N) is 1. The molecule has 2 amide bonds. The summed E-state index contributed by atoms with van der Waals surface area (Å²) in [5.74, 6) is -0.630. The molecule has 0 saturated heterocycles. The molecule has 2 aliphatic rings. The topological polar surface area (TPSA) is 76.3 Å². The van der Waals surface area contributed by atoms with Crippen molar-refractivity contribution in [3.8, 4) is 0 Å². The summed E-state index contributed by atoms with van der Waals surface area (Å²) < 4.78 is 0. The molecule has 2 heterocycles. The summed E-state index contributed by atoms with van der Waals surface area (Å²) in [6, 6.07) is 4.81. The fourth-order valence-electron chi connectivity index (χ4n) is 2.87. The molecule has 1 aliphatic heterocycles. The molecular formula is C15H13N3O2S. The second kappa shape index (κ2) is 4.39. The summed E-state index contributed by atoms with van der Waals surface area (Å²) >= 11 is 1.46. The van der Waals surface area contributed by atoms with Crippen molar-refractivity contribution in [1.29, 1.82) is 0 Å². The molecule has 2 aromatic rings. The van der Waals surface area contributed by atoms with E-state index in [2.05, 4.69) is 4.98 Å². The maximum atomic E-state index is 12.5. The Labute approximate surface area is 125 Å². The van der Waals surface area contributed by atoms with Crippen LogP contribution in [0.25, 0.3) is 0 Å². The molecule has 1 aromatic heterocycles. The highest BCUT2D eigenvalue weighted by Gasteiger charge is 2.39. The van der Waals surface area contributed by atoms with E-state index in [-0.39, 0.29) is 11.8 Å². The molecule has 0 fully saturated rings. The lowest BCUT2D eigenvalue weighted by molar-refractivity contribution is 0.0926. The Kier molecular flexibility index (Phi) is 2.62. The number of nitrogens with zero attached hydrogens (tertiary/aromatic N) is 2. The van der Waals surface area contributed by atoms with Crippen molar-refractivity contribution in [2.24, 2.45) is 0 Å². The summed E-state index contributed by atoms with van der Waals surface area (Å²) in [5, 5.41) is 0.492. The molecule has 0 saturated carbocycles. The van der Waals surface area contributed by atoms with E-state index in [0.29, 0.717) is 21.9 Å². The minimum absolute atomic E-state index is 0.305. The van der Waals surface area contributed by atoms with E-state index in [1.807, 2.05) is 0 Å². The number of thiazole rings is 1. The van der Waals surface area contributed by atoms with Gasteiger partial charge >= 0.3 is 0 Å². The predicted octanol–water partition coefficient (Wildman–Crippen LogP) is 2.40. The Bertz CT molecular complexity index is 758. The van der Waals surface area contributed by atoms with Crippen LogP contribution in [0.15, 0.2) is 18.2 Å². The molecule has 21 heavy (non-hydrogen) atoms. The van der Waals surface area contributed by atoms with Gasteiger partial charge < -0.3 is 5.73 Å². The summed E-state index contributed by atoms with van der Waals surface area (Å²) in [5.41, 5.74) is 8.00. The first kappa shape index (κ1) is 12.5. The molecule has 6 heteroatoms. The van der Waals surface area contributed by atoms with Crippen molar-refractivity contribution in [3.63, 3.8) is 0 Å². The minimum Gasteiger partial charge on any atom is -0.399 e. The number of rotatable bonds is 1. The normalized spacial score (nSPS) is 17.0. The second-order valence-electron chi connectivity index (χ2n) is 5.32. The van der Waals surface area contributed by atoms with Gasteiger partial charge in [0.2, 0.25) is 0 Å². The van der Waals surface area contributed by atoms with E-state index in [9.17, 15) is 9.59 Å². The maximum absolute atomic E-state index is 12.5. The van der Waals surface area contributed by atoms with Crippen molar-refractivity contribution in [1.82, 2.24) is 4.98 Å². The van der Waals surface area contributed by atoms with Crippen LogP contribution in [0, 0.1) is 0 Å². The van der Waals surface area contributed by atoms with Crippen LogP contribution in [0.2, 0.25) is 0 Å². The zero-order valence-corrected chi connectivity index (χ0v) is 12.1. The Hall–Kier alpha value is -2.21. The number of imide groups is 1. The van der Waals surface area contributed by atoms with Crippen LogP contribution in [-0.4, -0.2) is 16.8 Å². The van der Waals surface area contributed by atoms with Gasteiger partial charge in [0.1, 0.15) is 0 Å². The number of benzene rings is 1. The molecule has 0 unspecified atom stereocenters. The Morgan fingerprint density at radius 2 is 1.86 bits per heavy atom. The first-order chi connectivity index (χ1) is 10.1. The van der Waals surface area contributed by atoms with E-state index in [1.54, 1.807) is 18.2 Å². The highest BCUT2D eigenvalue weighted by Crippen LogP contribution is 2.36. The lowest BCUT2D eigenvalue weighted by atomic mass is 10.0. The first-order valence-electron chi connectivity index (χ1n) is 6.92. The molecular weight excluding hydrogens is 286 g/mol. The van der Waals surface area contributed by atoms with Gasteiger partial charge in [-0.05, 0) is 43.9 Å². The molecule has 0 bridgehead atoms. The Morgan fingerprint density at radius 1 is 1.10 bits per heavy atom. The average Bonchev–Trinajstić information content (AvgIpc) is 2.99. The Morgan fingerprint density at radius 3 is 2.67 bits per heavy atom. The lowest BCUT2D eigenvalue weighted by Crippen LogP contribution is -2.29. The number of hydrogen-bond donors (Lipinski definition) is 1. The molecule has 106 valence electrons. The van der Waals surface area contributed by atoms with Crippen molar-refractivity contribution >= 4 is 34.0 Å². The standard InChI is InChI=1S/C15H13N3O2S/c16-8-5-6-9-10(7-8)14(20)18(13(9)19)15-17-11-3-1-2-4-12(11)21-15/h5-7H,1-4,16H2. The predicted molar refractivity (Wildman–Crippen MR) is 80.8 cm³/mol.